The van der Waals surface area contributed by atoms with Gasteiger partial charge in [0.25, 0.3) is 0 Å². The maximum atomic E-state index is 13.9. The molecular formula is C26H26F2N4O. The number of pyridine rings is 1. The van der Waals surface area contributed by atoms with E-state index in [2.05, 4.69) is 32.2 Å². The number of aromatic nitrogens is 1. The Bertz CT molecular complexity index is 1140. The van der Waals surface area contributed by atoms with Crippen molar-refractivity contribution in [3.05, 3.63) is 89.6 Å². The summed E-state index contributed by atoms with van der Waals surface area (Å²) in [7, 11) is 0. The first kappa shape index (κ1) is 21.4. The van der Waals surface area contributed by atoms with Gasteiger partial charge in [-0.25, -0.2) is 13.8 Å². The lowest BCUT2D eigenvalue weighted by Gasteiger charge is -2.37. The zero-order valence-electron chi connectivity index (χ0n) is 18.3. The highest BCUT2D eigenvalue weighted by Crippen LogP contribution is 2.46. The van der Waals surface area contributed by atoms with Gasteiger partial charge >= 0.3 is 0 Å². The highest BCUT2D eigenvalue weighted by atomic mass is 19.1. The summed E-state index contributed by atoms with van der Waals surface area (Å²) in [5.74, 6) is -0.411. The molecule has 5 rings (SSSR count). The molecule has 2 aliphatic rings. The molecule has 5 nitrogen and oxygen atoms in total. The number of hydrogen-bond donors (Lipinski definition) is 1. The van der Waals surface area contributed by atoms with Crippen LogP contribution in [-0.2, 0) is 16.8 Å². The normalized spacial score (nSPS) is 17.0. The van der Waals surface area contributed by atoms with Crippen LogP contribution in [0.4, 0.5) is 20.3 Å². The molecule has 0 atom stereocenters. The zero-order valence-corrected chi connectivity index (χ0v) is 18.3. The van der Waals surface area contributed by atoms with Crippen molar-refractivity contribution < 1.29 is 13.6 Å². The number of carbonyl (C=O) groups is 1. The Morgan fingerprint density at radius 1 is 0.939 bits per heavy atom. The van der Waals surface area contributed by atoms with Crippen molar-refractivity contribution in [1.29, 1.82) is 0 Å². The third kappa shape index (κ3) is 4.67. The molecule has 2 heterocycles. The van der Waals surface area contributed by atoms with E-state index in [1.807, 2.05) is 36.5 Å². The first-order chi connectivity index (χ1) is 16.0. The summed E-state index contributed by atoms with van der Waals surface area (Å²) in [6.45, 7) is 3.56. The Morgan fingerprint density at radius 3 is 2.45 bits per heavy atom. The number of nitrogens with zero attached hydrogens (tertiary/aromatic N) is 3. The molecule has 1 saturated heterocycles. The highest BCUT2D eigenvalue weighted by molar-refractivity contribution is 5.80. The number of anilines is 2. The third-order valence-electron chi connectivity index (χ3n) is 6.50. The lowest BCUT2D eigenvalue weighted by atomic mass is 10.0. The summed E-state index contributed by atoms with van der Waals surface area (Å²) in [6, 6.07) is 17.5. The predicted molar refractivity (Wildman–Crippen MR) is 124 cm³/mol. The Balaban J connectivity index is 1.24. The Kier molecular flexibility index (Phi) is 5.70. The quantitative estimate of drug-likeness (QED) is 0.619. The summed E-state index contributed by atoms with van der Waals surface area (Å²) in [4.78, 5) is 21.7. The van der Waals surface area contributed by atoms with E-state index in [4.69, 9.17) is 0 Å². The van der Waals surface area contributed by atoms with Gasteiger partial charge in [-0.1, -0.05) is 18.2 Å². The molecule has 0 spiro atoms. The molecule has 1 aliphatic carbocycles. The molecule has 7 heteroatoms. The average Bonchev–Trinajstić information content (AvgIpc) is 3.63. The van der Waals surface area contributed by atoms with Crippen molar-refractivity contribution in [2.75, 3.05) is 36.0 Å². The van der Waals surface area contributed by atoms with Crippen LogP contribution in [0.5, 0.6) is 0 Å². The number of carbonyl (C=O) groups excluding carboxylic acids is 1. The molecule has 1 aromatic heterocycles. The van der Waals surface area contributed by atoms with E-state index in [-0.39, 0.29) is 17.9 Å². The topological polar surface area (TPSA) is 48.5 Å². The summed E-state index contributed by atoms with van der Waals surface area (Å²) in [6.07, 6.45) is 3.31. The van der Waals surface area contributed by atoms with E-state index in [1.54, 1.807) is 0 Å². The minimum absolute atomic E-state index is 0.0721. The second-order valence-corrected chi connectivity index (χ2v) is 8.76. The largest absolute Gasteiger partial charge is 0.368 e. The SMILES string of the molecule is O=C(Cc1cc(F)ccc1F)NC1(c2cccc(N3CCN(c4ccccn4)CC3)c2)CC1. The smallest absolute Gasteiger partial charge is 0.225 e. The van der Waals surface area contributed by atoms with Crippen molar-refractivity contribution in [3.63, 3.8) is 0 Å². The maximum absolute atomic E-state index is 13.9. The monoisotopic (exact) mass is 448 g/mol. The molecule has 1 aliphatic heterocycles. The van der Waals surface area contributed by atoms with Crippen molar-refractivity contribution in [3.8, 4) is 0 Å². The van der Waals surface area contributed by atoms with Gasteiger partial charge in [0.2, 0.25) is 5.91 Å². The second-order valence-electron chi connectivity index (χ2n) is 8.76. The highest BCUT2D eigenvalue weighted by Gasteiger charge is 2.45. The first-order valence-electron chi connectivity index (χ1n) is 11.3. The van der Waals surface area contributed by atoms with Gasteiger partial charge in [0.05, 0.1) is 12.0 Å². The van der Waals surface area contributed by atoms with E-state index in [0.717, 1.165) is 74.3 Å². The summed E-state index contributed by atoms with van der Waals surface area (Å²) in [5, 5.41) is 3.07. The van der Waals surface area contributed by atoms with Crippen LogP contribution in [0.15, 0.2) is 66.9 Å². The fourth-order valence-electron chi connectivity index (χ4n) is 4.51. The van der Waals surface area contributed by atoms with E-state index >= 15 is 0 Å². The number of benzene rings is 2. The van der Waals surface area contributed by atoms with Crippen molar-refractivity contribution in [1.82, 2.24) is 10.3 Å². The Hall–Kier alpha value is -3.48. The maximum Gasteiger partial charge on any atom is 0.225 e. The van der Waals surface area contributed by atoms with Gasteiger partial charge in [0, 0.05) is 43.6 Å². The van der Waals surface area contributed by atoms with Gasteiger partial charge in [-0.05, 0) is 60.9 Å². The van der Waals surface area contributed by atoms with Crippen molar-refractivity contribution >= 4 is 17.4 Å². The lowest BCUT2D eigenvalue weighted by Crippen LogP contribution is -2.47. The molecule has 1 N–H and O–H groups in total. The van der Waals surface area contributed by atoms with E-state index in [1.165, 1.54) is 0 Å². The zero-order chi connectivity index (χ0) is 22.8. The molecular weight excluding hydrogens is 422 g/mol. The molecule has 2 aromatic carbocycles. The van der Waals surface area contributed by atoms with Crippen LogP contribution in [0, 0.1) is 11.6 Å². The Labute approximate surface area is 192 Å². The van der Waals surface area contributed by atoms with Crippen LogP contribution < -0.4 is 15.1 Å². The summed E-state index contributed by atoms with van der Waals surface area (Å²) >= 11 is 0. The van der Waals surface area contributed by atoms with Gasteiger partial charge in [-0.3, -0.25) is 4.79 Å². The molecule has 0 radical (unpaired) electrons. The standard InChI is InChI=1S/C26H26F2N4O/c27-21-7-8-23(28)19(16-21)17-25(33)30-26(9-10-26)20-4-3-5-22(18-20)31-12-14-32(15-13-31)24-6-1-2-11-29-24/h1-8,11,16,18H,9-10,12-15,17H2,(H,30,33). The predicted octanol–water partition coefficient (Wildman–Crippen LogP) is 4.03. The number of nitrogens with one attached hydrogen (secondary N) is 1. The van der Waals surface area contributed by atoms with Crippen LogP contribution in [0.3, 0.4) is 0 Å². The van der Waals surface area contributed by atoms with E-state index in [9.17, 15) is 13.6 Å². The molecule has 1 amide bonds. The number of rotatable bonds is 6. The lowest BCUT2D eigenvalue weighted by molar-refractivity contribution is -0.121. The van der Waals surface area contributed by atoms with Crippen LogP contribution in [-0.4, -0.2) is 37.1 Å². The number of halogens is 2. The molecule has 170 valence electrons. The summed E-state index contributed by atoms with van der Waals surface area (Å²) < 4.78 is 27.4. The van der Waals surface area contributed by atoms with Gasteiger partial charge in [-0.15, -0.1) is 0 Å². The molecule has 3 aromatic rings. The molecule has 33 heavy (non-hydrogen) atoms. The first-order valence-corrected chi connectivity index (χ1v) is 11.3. The number of hydrogen-bond acceptors (Lipinski definition) is 4. The Morgan fingerprint density at radius 2 is 1.73 bits per heavy atom. The number of amides is 1. The van der Waals surface area contributed by atoms with Crippen LogP contribution in [0.25, 0.3) is 0 Å². The minimum atomic E-state index is -0.566. The van der Waals surface area contributed by atoms with Crippen LogP contribution >= 0.6 is 0 Å². The van der Waals surface area contributed by atoms with Crippen LogP contribution in [0.1, 0.15) is 24.0 Å². The van der Waals surface area contributed by atoms with Gasteiger partial charge in [-0.2, -0.15) is 0 Å². The molecule has 1 saturated carbocycles. The van der Waals surface area contributed by atoms with Gasteiger partial charge in [0.1, 0.15) is 17.5 Å². The van der Waals surface area contributed by atoms with Crippen LogP contribution in [0.2, 0.25) is 0 Å². The van der Waals surface area contributed by atoms with Gasteiger partial charge in [0.15, 0.2) is 0 Å². The average molecular weight is 449 g/mol. The summed E-state index contributed by atoms with van der Waals surface area (Å²) in [5.41, 5.74) is 1.83. The molecule has 2 fully saturated rings. The van der Waals surface area contributed by atoms with Gasteiger partial charge < -0.3 is 15.1 Å². The fourth-order valence-corrected chi connectivity index (χ4v) is 4.51. The van der Waals surface area contributed by atoms with Crippen molar-refractivity contribution in [2.45, 2.75) is 24.8 Å². The van der Waals surface area contributed by atoms with E-state index < -0.39 is 17.2 Å². The molecule has 0 unspecified atom stereocenters. The molecule has 0 bridgehead atoms. The van der Waals surface area contributed by atoms with E-state index in [0.29, 0.717) is 0 Å². The number of piperazine rings is 1. The second kappa shape index (κ2) is 8.81. The third-order valence-corrected chi connectivity index (χ3v) is 6.50. The minimum Gasteiger partial charge on any atom is -0.368 e. The van der Waals surface area contributed by atoms with Crippen molar-refractivity contribution in [2.24, 2.45) is 0 Å². The fraction of sp³-hybridized carbons (Fsp3) is 0.308.